The second kappa shape index (κ2) is 8.31. The second-order valence-electron chi connectivity index (χ2n) is 8.09. The fourth-order valence-electron chi connectivity index (χ4n) is 2.09. The van der Waals surface area contributed by atoms with Crippen LogP contribution in [-0.4, -0.2) is 70.5 Å². The summed E-state index contributed by atoms with van der Waals surface area (Å²) >= 11 is 0. The van der Waals surface area contributed by atoms with Crippen molar-refractivity contribution in [2.75, 3.05) is 26.2 Å². The van der Waals surface area contributed by atoms with Gasteiger partial charge in [-0.25, -0.2) is 0 Å². The normalized spacial score (nSPS) is 34.1. The van der Waals surface area contributed by atoms with Gasteiger partial charge in [0.15, 0.2) is 0 Å². The van der Waals surface area contributed by atoms with Gasteiger partial charge in [0, 0.05) is 11.1 Å². The fourth-order valence-corrected chi connectivity index (χ4v) is 2.09. The Balaban J connectivity index is 0.00000576. The van der Waals surface area contributed by atoms with Crippen molar-refractivity contribution < 1.29 is 36.9 Å². The Morgan fingerprint density at radius 2 is 1.00 bits per heavy atom. The van der Waals surface area contributed by atoms with E-state index in [-0.39, 0.29) is 42.7 Å². The predicted octanol–water partition coefficient (Wildman–Crippen LogP) is -0.678. The van der Waals surface area contributed by atoms with E-state index in [4.69, 9.17) is 0 Å². The molecular weight excluding hydrogens is 371 g/mol. The quantitative estimate of drug-likeness (QED) is 0.521. The van der Waals surface area contributed by atoms with Crippen LogP contribution in [0.3, 0.4) is 0 Å². The van der Waals surface area contributed by atoms with Crippen molar-refractivity contribution in [1.82, 2.24) is 0 Å². The third-order valence-electron chi connectivity index (χ3n) is 3.57. The van der Waals surface area contributed by atoms with Crippen LogP contribution in [0.5, 0.6) is 0 Å². The summed E-state index contributed by atoms with van der Waals surface area (Å²) < 4.78 is 0. The Kier molecular flexibility index (Phi) is 8.07. The molecule has 9 heteroatoms. The van der Waals surface area contributed by atoms with Gasteiger partial charge in [0.25, 0.3) is 0 Å². The fraction of sp³-hybridized carbons (Fsp3) is 0.875. The van der Waals surface area contributed by atoms with E-state index in [0.717, 1.165) is 0 Å². The molecule has 2 atom stereocenters. The van der Waals surface area contributed by atoms with Gasteiger partial charge in [-0.2, -0.15) is 0 Å². The molecule has 2 unspecified atom stereocenters. The first-order chi connectivity index (χ1) is 10.7. The summed E-state index contributed by atoms with van der Waals surface area (Å²) in [6.07, 6.45) is 0. The summed E-state index contributed by atoms with van der Waals surface area (Å²) in [4.78, 5) is 8.04. The molecule has 0 bridgehead atoms. The van der Waals surface area contributed by atoms with Crippen LogP contribution in [0.1, 0.15) is 41.5 Å². The molecule has 8 nitrogen and oxygen atoms in total. The maximum Gasteiger partial charge on any atom is 2.00 e. The molecule has 1 aliphatic heterocycles. The Morgan fingerprint density at radius 1 is 0.720 bits per heavy atom. The van der Waals surface area contributed by atoms with Gasteiger partial charge in [0.1, 0.15) is 0 Å². The van der Waals surface area contributed by atoms with Crippen LogP contribution < -0.4 is 10.2 Å². The first-order valence-corrected chi connectivity index (χ1v) is 7.93. The van der Waals surface area contributed by atoms with E-state index < -0.39 is 34.1 Å². The zero-order valence-electron chi connectivity index (χ0n) is 15.6. The zero-order chi connectivity index (χ0) is 18.8. The largest absolute Gasteiger partial charge is 2.00 e. The molecule has 1 rings (SSSR count). The van der Waals surface area contributed by atoms with E-state index in [0.29, 0.717) is 0 Å². The maximum absolute atomic E-state index is 12.2. The summed E-state index contributed by atoms with van der Waals surface area (Å²) in [6, 6.07) is 0. The molecule has 0 radical (unpaired) electrons. The molecule has 0 fully saturated rings. The minimum Gasteiger partial charge on any atom is -0.860 e. The number of hydrogen-bond donors (Lipinski definition) is 2. The van der Waals surface area contributed by atoms with Gasteiger partial charge in [-0.3, -0.25) is 9.98 Å². The topological polar surface area (TPSA) is 140 Å². The standard InChI is InChI=1S/C16H30N4O4.Ni/c1-13(2)7-17-9-16(6,24)12(22)20-14(3,4)8-18-10-15(5,23)11(21)19-13;/h23-24H,7-10H2,1-6H3,(H,19,21)(H,20,22);/q-2;+2/p-2. The number of rotatable bonds is 0. The molecule has 1 aliphatic rings. The Morgan fingerprint density at radius 3 is 1.28 bits per heavy atom. The molecule has 0 spiro atoms. The number of aliphatic hydroxyl groups is 2. The third kappa shape index (κ3) is 7.58. The second-order valence-corrected chi connectivity index (χ2v) is 8.09. The molecule has 0 saturated carbocycles. The van der Waals surface area contributed by atoms with Gasteiger partial charge in [-0.05, 0) is 53.3 Å². The summed E-state index contributed by atoms with van der Waals surface area (Å²) in [5.74, 6) is -1.33. The van der Waals surface area contributed by atoms with Crippen LogP contribution in [0.2, 0.25) is 0 Å². The van der Waals surface area contributed by atoms with Gasteiger partial charge in [0.2, 0.25) is 0 Å². The minimum atomic E-state index is -1.72. The molecule has 0 aromatic carbocycles. The molecule has 2 N–H and O–H groups in total. The maximum atomic E-state index is 12.2. The number of aliphatic imine (C=N–C) groups is 2. The van der Waals surface area contributed by atoms with Crippen molar-refractivity contribution in [2.24, 2.45) is 9.98 Å². The van der Waals surface area contributed by atoms with Crippen molar-refractivity contribution >= 4 is 11.8 Å². The average molecular weight is 399 g/mol. The van der Waals surface area contributed by atoms with Crippen LogP contribution in [0.25, 0.3) is 10.6 Å². The van der Waals surface area contributed by atoms with Crippen molar-refractivity contribution in [3.05, 3.63) is 10.6 Å². The third-order valence-corrected chi connectivity index (χ3v) is 3.57. The first kappa shape index (κ1) is 24.3. The Bertz CT molecular complexity index is 470. The molecule has 25 heavy (non-hydrogen) atoms. The molecule has 1 heterocycles. The Labute approximate surface area is 159 Å². The van der Waals surface area contributed by atoms with E-state index in [2.05, 4.69) is 20.6 Å². The monoisotopic (exact) mass is 398 g/mol. The van der Waals surface area contributed by atoms with Crippen molar-refractivity contribution in [1.29, 1.82) is 0 Å². The van der Waals surface area contributed by atoms with Crippen LogP contribution in [-0.2, 0) is 16.5 Å². The summed E-state index contributed by atoms with van der Waals surface area (Å²) in [6.45, 7) is 9.45. The van der Waals surface area contributed by atoms with Crippen LogP contribution in [0.15, 0.2) is 9.98 Å². The van der Waals surface area contributed by atoms with E-state index in [1.165, 1.54) is 13.8 Å². The van der Waals surface area contributed by atoms with Crippen LogP contribution in [0, 0.1) is 0 Å². The average Bonchev–Trinajstić information content (AvgIpc) is 2.35. The molecule has 0 aromatic rings. The minimum absolute atomic E-state index is 0. The predicted molar refractivity (Wildman–Crippen MR) is 90.5 cm³/mol. The van der Waals surface area contributed by atoms with E-state index in [1.807, 2.05) is 0 Å². The first-order valence-electron chi connectivity index (χ1n) is 7.93. The SMILES string of the molecule is CC1(C)C[N-]CC(C)(O)C([O-])=NC(C)(C)C[N-]CC(C)(O)C([O-])=N1.[Ni+2]. The van der Waals surface area contributed by atoms with E-state index in [1.54, 1.807) is 27.7 Å². The summed E-state index contributed by atoms with van der Waals surface area (Å²) in [5, 5.41) is 53.3. The van der Waals surface area contributed by atoms with Gasteiger partial charge in [0.05, 0.1) is 11.2 Å². The van der Waals surface area contributed by atoms with E-state index >= 15 is 0 Å². The number of nitrogens with zero attached hydrogens (tertiary/aromatic N) is 4. The summed E-state index contributed by atoms with van der Waals surface area (Å²) in [5.41, 5.74) is -5.15. The van der Waals surface area contributed by atoms with Crippen molar-refractivity contribution in [3.8, 4) is 0 Å². The Hall–Kier alpha value is -0.726. The van der Waals surface area contributed by atoms with Crippen molar-refractivity contribution in [3.63, 3.8) is 0 Å². The van der Waals surface area contributed by atoms with Gasteiger partial charge in [-0.1, -0.05) is 0 Å². The van der Waals surface area contributed by atoms with Gasteiger partial charge < -0.3 is 31.1 Å². The van der Waals surface area contributed by atoms with E-state index in [9.17, 15) is 20.4 Å². The smallest absolute Gasteiger partial charge is 0.860 e. The number of hydrogen-bond acceptors (Lipinski definition) is 6. The molecule has 0 aromatic heterocycles. The molecule has 148 valence electrons. The van der Waals surface area contributed by atoms with Crippen LogP contribution in [0.4, 0.5) is 0 Å². The van der Waals surface area contributed by atoms with Gasteiger partial charge >= 0.3 is 16.5 Å². The molecule has 0 saturated heterocycles. The molecular formula is C16H28N4NiO4-2. The molecule has 0 amide bonds. The van der Waals surface area contributed by atoms with Crippen molar-refractivity contribution in [2.45, 2.75) is 63.8 Å². The van der Waals surface area contributed by atoms with Gasteiger partial charge in [-0.15, -0.1) is 26.2 Å². The zero-order valence-corrected chi connectivity index (χ0v) is 16.6. The van der Waals surface area contributed by atoms with Crippen LogP contribution >= 0.6 is 0 Å². The molecule has 0 aliphatic carbocycles. The summed E-state index contributed by atoms with van der Waals surface area (Å²) in [7, 11) is 0.